The van der Waals surface area contributed by atoms with Gasteiger partial charge in [0.2, 0.25) is 10.0 Å². The summed E-state index contributed by atoms with van der Waals surface area (Å²) in [6.07, 6.45) is 0. The van der Waals surface area contributed by atoms with Crippen molar-refractivity contribution in [3.05, 3.63) is 29.3 Å². The quantitative estimate of drug-likeness (QED) is 0.809. The van der Waals surface area contributed by atoms with Crippen LogP contribution in [0.2, 0.25) is 0 Å². The zero-order valence-electron chi connectivity index (χ0n) is 10.1. The fraction of sp³-hybridized carbons (Fsp3) is 0.364. The molecule has 1 rings (SSSR count). The monoisotopic (exact) mass is 273 g/mol. The van der Waals surface area contributed by atoms with Crippen LogP contribution in [0.15, 0.2) is 18.2 Å². The van der Waals surface area contributed by atoms with Crippen LogP contribution in [0.25, 0.3) is 0 Å². The van der Waals surface area contributed by atoms with E-state index in [1.807, 2.05) is 0 Å². The van der Waals surface area contributed by atoms with Crippen molar-refractivity contribution in [3.63, 3.8) is 0 Å². The molecule has 0 aromatic heterocycles. The Kier molecular flexibility index (Phi) is 4.69. The maximum atomic E-state index is 11.7. The van der Waals surface area contributed by atoms with Crippen molar-refractivity contribution in [3.8, 4) is 0 Å². The van der Waals surface area contributed by atoms with Crippen LogP contribution in [0, 0.1) is 6.92 Å². The summed E-state index contributed by atoms with van der Waals surface area (Å²) in [6.45, 7) is 1.68. The van der Waals surface area contributed by atoms with Gasteiger partial charge in [0.1, 0.15) is 0 Å². The molecule has 1 aromatic carbocycles. The first kappa shape index (κ1) is 14.5. The number of hydrogen-bond donors (Lipinski definition) is 2. The van der Waals surface area contributed by atoms with Crippen LogP contribution >= 0.6 is 0 Å². The molecule has 0 amide bonds. The lowest BCUT2D eigenvalue weighted by Gasteiger charge is -2.12. The molecular formula is C11H15NO5S. The molecule has 0 radical (unpaired) electrons. The molecule has 100 valence electrons. The molecule has 0 atom stereocenters. The molecule has 0 saturated heterocycles. The summed E-state index contributed by atoms with van der Waals surface area (Å²) in [4.78, 5) is 11.0. The van der Waals surface area contributed by atoms with Crippen LogP contribution in [0.5, 0.6) is 0 Å². The number of para-hydroxylation sites is 1. The van der Waals surface area contributed by atoms with Gasteiger partial charge in [-0.25, -0.2) is 13.2 Å². The highest BCUT2D eigenvalue weighted by Gasteiger charge is 2.17. The second-order valence-electron chi connectivity index (χ2n) is 3.72. The van der Waals surface area contributed by atoms with E-state index in [1.54, 1.807) is 19.1 Å². The van der Waals surface area contributed by atoms with Crippen molar-refractivity contribution in [2.24, 2.45) is 0 Å². The third kappa shape index (κ3) is 3.71. The van der Waals surface area contributed by atoms with E-state index in [-0.39, 0.29) is 23.6 Å². The van der Waals surface area contributed by atoms with Crippen LogP contribution in [-0.2, 0) is 14.8 Å². The number of anilines is 1. The van der Waals surface area contributed by atoms with Gasteiger partial charge in [-0.15, -0.1) is 0 Å². The van der Waals surface area contributed by atoms with Gasteiger partial charge in [0, 0.05) is 7.11 Å². The fourth-order valence-corrected chi connectivity index (χ4v) is 2.45. The number of aromatic carboxylic acids is 1. The Labute approximate surface area is 106 Å². The molecule has 0 aliphatic carbocycles. The highest BCUT2D eigenvalue weighted by molar-refractivity contribution is 7.92. The minimum Gasteiger partial charge on any atom is -0.478 e. The molecule has 0 fully saturated rings. The summed E-state index contributed by atoms with van der Waals surface area (Å²) in [7, 11) is -2.22. The van der Waals surface area contributed by atoms with Crippen molar-refractivity contribution in [2.75, 3.05) is 24.2 Å². The molecule has 0 spiro atoms. The number of carbonyl (C=O) groups is 1. The van der Waals surface area contributed by atoms with Crippen molar-refractivity contribution in [2.45, 2.75) is 6.92 Å². The third-order valence-corrected chi connectivity index (χ3v) is 3.54. The maximum Gasteiger partial charge on any atom is 0.337 e. The Hall–Kier alpha value is -1.60. The van der Waals surface area contributed by atoms with Gasteiger partial charge < -0.3 is 9.84 Å². The zero-order valence-corrected chi connectivity index (χ0v) is 11.0. The molecule has 18 heavy (non-hydrogen) atoms. The van der Waals surface area contributed by atoms with Crippen molar-refractivity contribution < 1.29 is 23.1 Å². The highest BCUT2D eigenvalue weighted by Crippen LogP contribution is 2.21. The van der Waals surface area contributed by atoms with E-state index < -0.39 is 16.0 Å². The SMILES string of the molecule is COCCS(=O)(=O)Nc1c(C)cccc1C(=O)O. The smallest absolute Gasteiger partial charge is 0.337 e. The van der Waals surface area contributed by atoms with Crippen LogP contribution in [0.3, 0.4) is 0 Å². The summed E-state index contributed by atoms with van der Waals surface area (Å²) in [6, 6.07) is 4.55. The summed E-state index contributed by atoms with van der Waals surface area (Å²) in [5.74, 6) is -1.40. The second kappa shape index (κ2) is 5.83. The van der Waals surface area contributed by atoms with Crippen LogP contribution in [0.4, 0.5) is 5.69 Å². The van der Waals surface area contributed by atoms with E-state index in [9.17, 15) is 13.2 Å². The summed E-state index contributed by atoms with van der Waals surface area (Å²) >= 11 is 0. The molecular weight excluding hydrogens is 258 g/mol. The molecule has 6 nitrogen and oxygen atoms in total. The summed E-state index contributed by atoms with van der Waals surface area (Å²) < 4.78 is 30.4. The Bertz CT molecular complexity index is 538. The van der Waals surface area contributed by atoms with Gasteiger partial charge in [0.15, 0.2) is 0 Å². The van der Waals surface area contributed by atoms with Crippen molar-refractivity contribution in [1.82, 2.24) is 0 Å². The van der Waals surface area contributed by atoms with Gasteiger partial charge in [-0.1, -0.05) is 12.1 Å². The number of benzene rings is 1. The maximum absolute atomic E-state index is 11.7. The minimum atomic E-state index is -3.61. The van der Waals surface area contributed by atoms with Gasteiger partial charge >= 0.3 is 5.97 Å². The van der Waals surface area contributed by atoms with Crippen molar-refractivity contribution in [1.29, 1.82) is 0 Å². The highest BCUT2D eigenvalue weighted by atomic mass is 32.2. The number of ether oxygens (including phenoxy) is 1. The van der Waals surface area contributed by atoms with E-state index in [0.717, 1.165) is 0 Å². The predicted octanol–water partition coefficient (Wildman–Crippen LogP) is 1.08. The predicted molar refractivity (Wildman–Crippen MR) is 67.4 cm³/mol. The lowest BCUT2D eigenvalue weighted by molar-refractivity contribution is 0.0698. The topological polar surface area (TPSA) is 92.7 Å². The average Bonchev–Trinajstić information content (AvgIpc) is 2.28. The van der Waals surface area contributed by atoms with Crippen molar-refractivity contribution >= 4 is 21.7 Å². The standard InChI is InChI=1S/C11H15NO5S/c1-8-4-3-5-9(11(13)14)10(8)12-18(15,16)7-6-17-2/h3-5,12H,6-7H2,1-2H3,(H,13,14). The van der Waals surface area contributed by atoms with E-state index >= 15 is 0 Å². The summed E-state index contributed by atoms with van der Waals surface area (Å²) in [5.41, 5.74) is 0.577. The first-order valence-electron chi connectivity index (χ1n) is 5.19. The number of aryl methyl sites for hydroxylation is 1. The Morgan fingerprint density at radius 2 is 2.11 bits per heavy atom. The van der Waals surface area contributed by atoms with Crippen LogP contribution in [0.1, 0.15) is 15.9 Å². The molecule has 0 aliphatic heterocycles. The normalized spacial score (nSPS) is 11.2. The Morgan fingerprint density at radius 1 is 1.44 bits per heavy atom. The molecule has 0 unspecified atom stereocenters. The zero-order chi connectivity index (χ0) is 13.8. The number of rotatable bonds is 6. The summed E-state index contributed by atoms with van der Waals surface area (Å²) in [5, 5.41) is 9.00. The first-order valence-corrected chi connectivity index (χ1v) is 6.85. The first-order chi connectivity index (χ1) is 8.37. The Morgan fingerprint density at radius 3 is 2.67 bits per heavy atom. The fourth-order valence-electron chi connectivity index (χ4n) is 1.38. The molecule has 2 N–H and O–H groups in total. The molecule has 0 aliphatic rings. The minimum absolute atomic E-state index is 0.0453. The van der Waals surface area contributed by atoms with E-state index in [2.05, 4.69) is 9.46 Å². The van der Waals surface area contributed by atoms with Crippen LogP contribution < -0.4 is 4.72 Å². The third-order valence-electron chi connectivity index (χ3n) is 2.32. The number of nitrogens with one attached hydrogen (secondary N) is 1. The second-order valence-corrected chi connectivity index (χ2v) is 5.56. The van der Waals surface area contributed by atoms with Gasteiger partial charge in [-0.2, -0.15) is 0 Å². The Balaban J connectivity index is 3.07. The molecule has 0 heterocycles. The number of hydrogen-bond acceptors (Lipinski definition) is 4. The molecule has 7 heteroatoms. The number of carboxylic acid groups (broad SMARTS) is 1. The number of methoxy groups -OCH3 is 1. The van der Waals surface area contributed by atoms with Crippen LogP contribution in [-0.4, -0.2) is 39.0 Å². The number of sulfonamides is 1. The van der Waals surface area contributed by atoms with E-state index in [4.69, 9.17) is 5.11 Å². The van der Waals surface area contributed by atoms with E-state index in [0.29, 0.717) is 5.56 Å². The lowest BCUT2D eigenvalue weighted by Crippen LogP contribution is -2.21. The van der Waals surface area contributed by atoms with Gasteiger partial charge in [-0.05, 0) is 18.6 Å². The molecule has 1 aromatic rings. The largest absolute Gasteiger partial charge is 0.478 e. The number of carboxylic acids is 1. The lowest BCUT2D eigenvalue weighted by atomic mass is 10.1. The molecule has 0 saturated carbocycles. The van der Waals surface area contributed by atoms with Gasteiger partial charge in [0.05, 0.1) is 23.6 Å². The average molecular weight is 273 g/mol. The van der Waals surface area contributed by atoms with Gasteiger partial charge in [0.25, 0.3) is 0 Å². The van der Waals surface area contributed by atoms with E-state index in [1.165, 1.54) is 13.2 Å². The van der Waals surface area contributed by atoms with Gasteiger partial charge in [-0.3, -0.25) is 4.72 Å². The molecule has 0 bridgehead atoms.